The van der Waals surface area contributed by atoms with Crippen LogP contribution in [0.15, 0.2) is 54.6 Å². The fraction of sp³-hybridized carbons (Fsp3) is 0.611. The van der Waals surface area contributed by atoms with Crippen molar-refractivity contribution in [1.82, 2.24) is 14.7 Å². The Morgan fingerprint density at radius 1 is 1.00 bits per heavy atom. The van der Waals surface area contributed by atoms with E-state index in [1.54, 1.807) is 0 Å². The number of non-ortho nitro benzene ring substituents is 1. The lowest BCUT2D eigenvalue weighted by Crippen LogP contribution is -2.50. The minimum absolute atomic E-state index is 0.0127. The van der Waals surface area contributed by atoms with Crippen molar-refractivity contribution in [3.8, 4) is 5.75 Å². The summed E-state index contributed by atoms with van der Waals surface area (Å²) in [6.45, 7) is 7.02. The highest BCUT2D eigenvalue weighted by Crippen LogP contribution is 2.38. The van der Waals surface area contributed by atoms with Crippen LogP contribution in [-0.2, 0) is 9.59 Å². The van der Waals surface area contributed by atoms with Gasteiger partial charge < -0.3 is 19.6 Å². The summed E-state index contributed by atoms with van der Waals surface area (Å²) in [5, 5.41) is 21.3. The summed E-state index contributed by atoms with van der Waals surface area (Å²) in [6.07, 6.45) is 9.17. The molecule has 1 aliphatic carbocycles. The van der Waals surface area contributed by atoms with E-state index < -0.39 is 16.9 Å². The number of carboxylic acid groups (broad SMARTS) is 1. The topological polar surface area (TPSA) is 116 Å². The van der Waals surface area contributed by atoms with Gasteiger partial charge in [-0.15, -0.1) is 0 Å². The van der Waals surface area contributed by atoms with E-state index in [0.29, 0.717) is 24.1 Å². The zero-order chi connectivity index (χ0) is 32.5. The lowest BCUT2D eigenvalue weighted by atomic mass is 9.83. The Morgan fingerprint density at radius 3 is 2.33 bits per heavy atom. The molecule has 2 aromatic carbocycles. The molecule has 0 unspecified atom stereocenters. The van der Waals surface area contributed by atoms with E-state index in [4.69, 9.17) is 4.74 Å². The Balaban J connectivity index is 1.20. The molecular formula is C36H50N4O6. The quantitative estimate of drug-likeness (QED) is 0.204. The Morgan fingerprint density at radius 2 is 1.70 bits per heavy atom. The van der Waals surface area contributed by atoms with Crippen molar-refractivity contribution in [2.24, 2.45) is 11.8 Å². The molecule has 0 aromatic heterocycles. The molecule has 2 saturated heterocycles. The number of rotatable bonds is 14. The minimum atomic E-state index is -0.672. The highest BCUT2D eigenvalue weighted by atomic mass is 16.6. The van der Waals surface area contributed by atoms with Crippen LogP contribution in [-0.4, -0.2) is 94.6 Å². The standard InChI is InChI=1S/C36H50N4O6/c1-2-3-20-39(34(41)26-46-32-16-14-31(15-17-32)40(44)45)30-18-21-37(22-19-30)23-29-24-38(25-33(29)27-10-6-4-7-11-27)35(36(42)43)28-12-8-5-9-13-28/h4,6-7,10-11,14-17,28-30,33,35H,2-3,5,8-9,12-13,18-26H2,1H3,(H,42,43)/t29-,33+,35+/m0/s1. The van der Waals surface area contributed by atoms with Crippen LogP contribution in [0.4, 0.5) is 5.69 Å². The van der Waals surface area contributed by atoms with Crippen molar-refractivity contribution in [2.75, 3.05) is 45.9 Å². The third-order valence-electron chi connectivity index (χ3n) is 10.4. The van der Waals surface area contributed by atoms with Crippen LogP contribution in [0, 0.1) is 22.0 Å². The molecule has 0 bridgehead atoms. The normalized spacial score (nSPS) is 22.4. The molecule has 250 valence electrons. The average molecular weight is 635 g/mol. The molecule has 2 aromatic rings. The lowest BCUT2D eigenvalue weighted by molar-refractivity contribution is -0.384. The number of nitro groups is 1. The molecule has 1 saturated carbocycles. The lowest BCUT2D eigenvalue weighted by Gasteiger charge is -2.40. The summed E-state index contributed by atoms with van der Waals surface area (Å²) in [5.41, 5.74) is 1.28. The van der Waals surface area contributed by atoms with Gasteiger partial charge in [-0.05, 0) is 61.6 Å². The van der Waals surface area contributed by atoms with Crippen molar-refractivity contribution in [2.45, 2.75) is 82.7 Å². The van der Waals surface area contributed by atoms with Gasteiger partial charge in [0.1, 0.15) is 11.8 Å². The molecule has 5 rings (SSSR count). The van der Waals surface area contributed by atoms with Crippen LogP contribution >= 0.6 is 0 Å². The zero-order valence-electron chi connectivity index (χ0n) is 27.2. The molecule has 46 heavy (non-hydrogen) atoms. The molecule has 10 nitrogen and oxygen atoms in total. The molecule has 3 aliphatic rings. The van der Waals surface area contributed by atoms with E-state index in [0.717, 1.165) is 84.1 Å². The second-order valence-electron chi connectivity index (χ2n) is 13.4. The second kappa shape index (κ2) is 16.4. The van der Waals surface area contributed by atoms with E-state index in [1.165, 1.54) is 36.2 Å². The monoisotopic (exact) mass is 634 g/mol. The summed E-state index contributed by atoms with van der Waals surface area (Å²) >= 11 is 0. The van der Waals surface area contributed by atoms with Gasteiger partial charge in [0.2, 0.25) is 0 Å². The van der Waals surface area contributed by atoms with E-state index in [2.05, 4.69) is 41.0 Å². The fourth-order valence-corrected chi connectivity index (χ4v) is 7.98. The van der Waals surface area contributed by atoms with Crippen LogP contribution in [0.1, 0.15) is 76.2 Å². The smallest absolute Gasteiger partial charge is 0.321 e. The number of carbonyl (C=O) groups is 2. The number of nitrogens with zero attached hydrogens (tertiary/aromatic N) is 4. The number of carboxylic acids is 1. The number of benzene rings is 2. The van der Waals surface area contributed by atoms with E-state index in [9.17, 15) is 24.8 Å². The van der Waals surface area contributed by atoms with Gasteiger partial charge in [-0.2, -0.15) is 0 Å². The first-order chi connectivity index (χ1) is 22.3. The van der Waals surface area contributed by atoms with Crippen LogP contribution in [0.3, 0.4) is 0 Å². The number of piperidine rings is 1. The maximum absolute atomic E-state index is 13.4. The maximum atomic E-state index is 13.4. The van der Waals surface area contributed by atoms with Gasteiger partial charge in [-0.25, -0.2) is 0 Å². The summed E-state index contributed by atoms with van der Waals surface area (Å²) in [6, 6.07) is 16.2. The maximum Gasteiger partial charge on any atom is 0.321 e. The number of nitro benzene ring substituents is 1. The first-order valence-corrected chi connectivity index (χ1v) is 17.2. The second-order valence-corrected chi connectivity index (χ2v) is 13.4. The van der Waals surface area contributed by atoms with Crippen LogP contribution < -0.4 is 4.74 Å². The van der Waals surface area contributed by atoms with Crippen molar-refractivity contribution < 1.29 is 24.4 Å². The number of unbranched alkanes of at least 4 members (excludes halogenated alkanes) is 1. The highest BCUT2D eigenvalue weighted by molar-refractivity contribution is 5.78. The van der Waals surface area contributed by atoms with Crippen molar-refractivity contribution >= 4 is 17.6 Å². The minimum Gasteiger partial charge on any atom is -0.484 e. The van der Waals surface area contributed by atoms with Gasteiger partial charge in [-0.3, -0.25) is 24.6 Å². The molecular weight excluding hydrogens is 584 g/mol. The molecule has 3 fully saturated rings. The van der Waals surface area contributed by atoms with Crippen LogP contribution in [0.2, 0.25) is 0 Å². The van der Waals surface area contributed by atoms with Gasteiger partial charge >= 0.3 is 5.97 Å². The number of carbonyl (C=O) groups excluding carboxylic acids is 1. The molecule has 0 spiro atoms. The number of amides is 1. The number of hydrogen-bond acceptors (Lipinski definition) is 7. The molecule has 1 amide bonds. The summed E-state index contributed by atoms with van der Waals surface area (Å²) in [5.74, 6) is 0.586. The Kier molecular flexibility index (Phi) is 12.0. The van der Waals surface area contributed by atoms with E-state index >= 15 is 0 Å². The SMILES string of the molecule is CCCCN(C(=O)COc1ccc([N+](=O)[O-])cc1)C1CCN(C[C@H]2CN([C@@H](C(=O)O)C3CCCCC3)C[C@@H]2c2ccccc2)CC1. The van der Waals surface area contributed by atoms with Crippen molar-refractivity contribution in [3.05, 3.63) is 70.3 Å². The number of ether oxygens (including phenoxy) is 1. The van der Waals surface area contributed by atoms with Crippen LogP contribution in [0.25, 0.3) is 0 Å². The third-order valence-corrected chi connectivity index (χ3v) is 10.4. The van der Waals surface area contributed by atoms with Gasteiger partial charge in [-0.1, -0.05) is 62.9 Å². The molecule has 3 atom stereocenters. The molecule has 1 N–H and O–H groups in total. The van der Waals surface area contributed by atoms with Gasteiger partial charge in [0, 0.05) is 63.4 Å². The van der Waals surface area contributed by atoms with E-state index in [1.807, 2.05) is 11.0 Å². The number of aliphatic carboxylic acids is 1. The van der Waals surface area contributed by atoms with Crippen molar-refractivity contribution in [1.29, 1.82) is 0 Å². The van der Waals surface area contributed by atoms with Gasteiger partial charge in [0.05, 0.1) is 4.92 Å². The molecule has 0 radical (unpaired) electrons. The molecule has 10 heteroatoms. The Bertz CT molecular complexity index is 1280. The third kappa shape index (κ3) is 8.64. The highest BCUT2D eigenvalue weighted by Gasteiger charge is 2.43. The molecule has 2 aliphatic heterocycles. The summed E-state index contributed by atoms with van der Waals surface area (Å²) in [7, 11) is 0. The number of likely N-dealkylation sites (tertiary alicyclic amines) is 2. The summed E-state index contributed by atoms with van der Waals surface area (Å²) in [4.78, 5) is 43.2. The van der Waals surface area contributed by atoms with Crippen LogP contribution in [0.5, 0.6) is 5.75 Å². The first-order valence-electron chi connectivity index (χ1n) is 17.2. The largest absolute Gasteiger partial charge is 0.484 e. The first kappa shape index (κ1) is 33.9. The Hall–Kier alpha value is -3.50. The predicted molar refractivity (Wildman–Crippen MR) is 177 cm³/mol. The predicted octanol–water partition coefficient (Wildman–Crippen LogP) is 5.82. The average Bonchev–Trinajstić information content (AvgIpc) is 3.48. The summed E-state index contributed by atoms with van der Waals surface area (Å²) < 4.78 is 5.74. The van der Waals surface area contributed by atoms with Gasteiger partial charge in [0.15, 0.2) is 6.61 Å². The Labute approximate surface area is 272 Å². The molecule has 2 heterocycles. The number of hydrogen-bond donors (Lipinski definition) is 1. The fourth-order valence-electron chi connectivity index (χ4n) is 7.98. The van der Waals surface area contributed by atoms with Crippen molar-refractivity contribution in [3.63, 3.8) is 0 Å². The van der Waals surface area contributed by atoms with Gasteiger partial charge in [0.25, 0.3) is 11.6 Å². The zero-order valence-corrected chi connectivity index (χ0v) is 27.2. The van der Waals surface area contributed by atoms with E-state index in [-0.39, 0.29) is 30.2 Å².